The fraction of sp³-hybridized carbons (Fsp3) is 0.214. The number of benzene rings is 2. The normalized spacial score (nSPS) is 11.6. The number of nitrogens with one attached hydrogen (secondary N) is 1. The van der Waals surface area contributed by atoms with E-state index >= 15 is 0 Å². The second-order valence-electron chi connectivity index (χ2n) is 4.38. The molecule has 6 heteroatoms. The Labute approximate surface area is 113 Å². The number of hydrogen-bond donors (Lipinski definition) is 3. The van der Waals surface area contributed by atoms with E-state index < -0.39 is 25.0 Å². The maximum Gasteiger partial charge on any atom is 0.336 e. The number of alkyl halides is 2. The standard InChI is InChI=1S/C14H13F2NO3/c15-14(16,8-18)7-17-12-6-5-11(13(19)20)9-3-1-2-4-10(9)12/h1-6,17-18H,7-8H2,(H,19,20). The average Bonchev–Trinajstić information content (AvgIpc) is 2.44. The van der Waals surface area contributed by atoms with Crippen LogP contribution in [0.25, 0.3) is 10.8 Å². The molecule has 0 fully saturated rings. The molecule has 3 N–H and O–H groups in total. The molecule has 20 heavy (non-hydrogen) atoms. The van der Waals surface area contributed by atoms with Gasteiger partial charge in [-0.15, -0.1) is 0 Å². The van der Waals surface area contributed by atoms with Gasteiger partial charge in [0.25, 0.3) is 5.92 Å². The molecule has 0 radical (unpaired) electrons. The third-order valence-corrected chi connectivity index (χ3v) is 2.92. The van der Waals surface area contributed by atoms with E-state index in [-0.39, 0.29) is 5.56 Å². The second-order valence-corrected chi connectivity index (χ2v) is 4.38. The molecule has 0 spiro atoms. The highest BCUT2D eigenvalue weighted by Crippen LogP contribution is 2.27. The van der Waals surface area contributed by atoms with Crippen molar-refractivity contribution in [1.82, 2.24) is 0 Å². The van der Waals surface area contributed by atoms with Crippen molar-refractivity contribution in [1.29, 1.82) is 0 Å². The van der Waals surface area contributed by atoms with Gasteiger partial charge in [0, 0.05) is 11.1 Å². The van der Waals surface area contributed by atoms with Gasteiger partial charge >= 0.3 is 5.97 Å². The van der Waals surface area contributed by atoms with Gasteiger partial charge in [0.1, 0.15) is 6.61 Å². The topological polar surface area (TPSA) is 69.6 Å². The van der Waals surface area contributed by atoms with Crippen LogP contribution < -0.4 is 5.32 Å². The van der Waals surface area contributed by atoms with Gasteiger partial charge in [-0.1, -0.05) is 24.3 Å². The van der Waals surface area contributed by atoms with E-state index in [9.17, 15) is 13.6 Å². The van der Waals surface area contributed by atoms with E-state index in [4.69, 9.17) is 10.2 Å². The molecule has 106 valence electrons. The van der Waals surface area contributed by atoms with E-state index in [1.165, 1.54) is 12.1 Å². The Morgan fingerprint density at radius 2 is 1.80 bits per heavy atom. The van der Waals surface area contributed by atoms with Crippen molar-refractivity contribution in [3.05, 3.63) is 42.0 Å². The molecule has 2 aromatic rings. The number of carboxylic acid groups (broad SMARTS) is 1. The summed E-state index contributed by atoms with van der Waals surface area (Å²) in [5, 5.41) is 21.2. The molecule has 0 saturated carbocycles. The summed E-state index contributed by atoms with van der Waals surface area (Å²) in [6, 6.07) is 9.46. The van der Waals surface area contributed by atoms with E-state index in [1.807, 2.05) is 0 Å². The molecular formula is C14H13F2NO3. The molecular weight excluding hydrogens is 268 g/mol. The number of rotatable bonds is 5. The summed E-state index contributed by atoms with van der Waals surface area (Å²) in [5.74, 6) is -4.31. The molecule has 0 unspecified atom stereocenters. The first-order valence-electron chi connectivity index (χ1n) is 5.92. The lowest BCUT2D eigenvalue weighted by Crippen LogP contribution is -2.31. The van der Waals surface area contributed by atoms with Crippen molar-refractivity contribution >= 4 is 22.4 Å². The Bertz CT molecular complexity index is 643. The Morgan fingerprint density at radius 1 is 1.15 bits per heavy atom. The van der Waals surface area contributed by atoms with Crippen LogP contribution in [0.2, 0.25) is 0 Å². The van der Waals surface area contributed by atoms with Gasteiger partial charge in [0.2, 0.25) is 0 Å². The molecule has 0 bridgehead atoms. The molecule has 4 nitrogen and oxygen atoms in total. The zero-order valence-electron chi connectivity index (χ0n) is 10.4. The highest BCUT2D eigenvalue weighted by molar-refractivity contribution is 6.07. The van der Waals surface area contributed by atoms with Crippen LogP contribution >= 0.6 is 0 Å². The first-order valence-corrected chi connectivity index (χ1v) is 5.92. The summed E-state index contributed by atoms with van der Waals surface area (Å²) in [6.45, 7) is -1.97. The zero-order chi connectivity index (χ0) is 14.8. The molecule has 2 rings (SSSR count). The summed E-state index contributed by atoms with van der Waals surface area (Å²) >= 11 is 0. The third kappa shape index (κ3) is 2.85. The predicted octanol–water partition coefficient (Wildman–Crippen LogP) is 2.58. The average molecular weight is 281 g/mol. The molecule has 0 amide bonds. The number of aromatic carboxylic acids is 1. The smallest absolute Gasteiger partial charge is 0.336 e. The molecule has 0 heterocycles. The number of aliphatic hydroxyl groups is 1. The van der Waals surface area contributed by atoms with Crippen LogP contribution in [0.3, 0.4) is 0 Å². The van der Waals surface area contributed by atoms with Crippen LogP contribution in [0, 0.1) is 0 Å². The number of carbonyl (C=O) groups is 1. The van der Waals surface area contributed by atoms with Gasteiger partial charge in [-0.25, -0.2) is 13.6 Å². The predicted molar refractivity (Wildman–Crippen MR) is 71.4 cm³/mol. The Kier molecular flexibility index (Phi) is 3.85. The number of carboxylic acids is 1. The third-order valence-electron chi connectivity index (χ3n) is 2.92. The Morgan fingerprint density at radius 3 is 2.40 bits per heavy atom. The van der Waals surface area contributed by atoms with E-state index in [0.29, 0.717) is 16.5 Å². The van der Waals surface area contributed by atoms with E-state index in [2.05, 4.69) is 5.32 Å². The van der Waals surface area contributed by atoms with Crippen molar-refractivity contribution in [2.45, 2.75) is 5.92 Å². The minimum Gasteiger partial charge on any atom is -0.478 e. The molecule has 0 atom stereocenters. The zero-order valence-corrected chi connectivity index (χ0v) is 10.4. The van der Waals surface area contributed by atoms with Gasteiger partial charge < -0.3 is 15.5 Å². The van der Waals surface area contributed by atoms with Gasteiger partial charge in [-0.3, -0.25) is 0 Å². The van der Waals surface area contributed by atoms with Crippen LogP contribution in [0.15, 0.2) is 36.4 Å². The van der Waals surface area contributed by atoms with Crippen LogP contribution in [-0.2, 0) is 0 Å². The SMILES string of the molecule is O=C(O)c1ccc(NCC(F)(F)CO)c2ccccc12. The van der Waals surface area contributed by atoms with E-state index in [0.717, 1.165) is 0 Å². The first kappa shape index (κ1) is 14.2. The number of aliphatic hydroxyl groups excluding tert-OH is 1. The number of hydrogen-bond acceptors (Lipinski definition) is 3. The van der Waals surface area contributed by atoms with E-state index in [1.54, 1.807) is 24.3 Å². The lowest BCUT2D eigenvalue weighted by Gasteiger charge is -2.16. The Balaban J connectivity index is 2.41. The summed E-state index contributed by atoms with van der Waals surface area (Å²) in [5.41, 5.74) is 0.513. The van der Waals surface area contributed by atoms with Crippen LogP contribution in [0.5, 0.6) is 0 Å². The summed E-state index contributed by atoms with van der Waals surface area (Å²) in [6.07, 6.45) is 0. The van der Waals surface area contributed by atoms with Crippen molar-refractivity contribution < 1.29 is 23.8 Å². The largest absolute Gasteiger partial charge is 0.478 e. The minimum atomic E-state index is -3.23. The minimum absolute atomic E-state index is 0.111. The molecule has 0 aromatic heterocycles. The number of halogens is 2. The molecule has 0 aliphatic carbocycles. The molecule has 0 aliphatic rings. The summed E-state index contributed by atoms with van der Waals surface area (Å²) in [4.78, 5) is 11.1. The second kappa shape index (κ2) is 5.42. The molecule has 0 aliphatic heterocycles. The van der Waals surface area contributed by atoms with Gasteiger partial charge in [0.15, 0.2) is 0 Å². The Hall–Kier alpha value is -2.21. The summed E-state index contributed by atoms with van der Waals surface area (Å²) in [7, 11) is 0. The van der Waals surface area contributed by atoms with Gasteiger partial charge in [-0.2, -0.15) is 0 Å². The lowest BCUT2D eigenvalue weighted by atomic mass is 10.0. The number of anilines is 1. The van der Waals surface area contributed by atoms with Crippen molar-refractivity contribution in [2.24, 2.45) is 0 Å². The molecule has 0 saturated heterocycles. The first-order chi connectivity index (χ1) is 9.44. The fourth-order valence-corrected chi connectivity index (χ4v) is 1.92. The van der Waals surface area contributed by atoms with Crippen molar-refractivity contribution in [2.75, 3.05) is 18.5 Å². The van der Waals surface area contributed by atoms with Crippen molar-refractivity contribution in [3.63, 3.8) is 0 Å². The van der Waals surface area contributed by atoms with Crippen LogP contribution in [0.4, 0.5) is 14.5 Å². The van der Waals surface area contributed by atoms with Crippen LogP contribution in [-0.4, -0.2) is 35.3 Å². The lowest BCUT2D eigenvalue weighted by molar-refractivity contribution is -0.0372. The van der Waals surface area contributed by atoms with Gasteiger partial charge in [0.05, 0.1) is 12.1 Å². The number of fused-ring (bicyclic) bond motifs is 1. The fourth-order valence-electron chi connectivity index (χ4n) is 1.92. The maximum absolute atomic E-state index is 13.0. The summed E-state index contributed by atoms with van der Waals surface area (Å²) < 4.78 is 26.1. The maximum atomic E-state index is 13.0. The van der Waals surface area contributed by atoms with Gasteiger partial charge in [-0.05, 0) is 17.5 Å². The monoisotopic (exact) mass is 281 g/mol. The quantitative estimate of drug-likeness (QED) is 0.788. The highest BCUT2D eigenvalue weighted by Gasteiger charge is 2.27. The van der Waals surface area contributed by atoms with Crippen molar-refractivity contribution in [3.8, 4) is 0 Å². The molecule has 2 aromatic carbocycles. The highest BCUT2D eigenvalue weighted by atomic mass is 19.3. The van der Waals surface area contributed by atoms with Crippen LogP contribution in [0.1, 0.15) is 10.4 Å².